The van der Waals surface area contributed by atoms with Crippen LogP contribution in [0.25, 0.3) is 0 Å². The molecule has 1 aliphatic rings. The van der Waals surface area contributed by atoms with E-state index in [4.69, 9.17) is 23.2 Å². The molecule has 3 rings (SSSR count). The fraction of sp³-hybridized carbons (Fsp3) is 0.250. The molecule has 0 fully saturated rings. The van der Waals surface area contributed by atoms with Crippen molar-refractivity contribution in [1.82, 2.24) is 0 Å². The summed E-state index contributed by atoms with van der Waals surface area (Å²) in [7, 11) is 0. The van der Waals surface area contributed by atoms with Crippen LogP contribution in [0, 0.1) is 5.82 Å². The molecule has 0 radical (unpaired) electrons. The lowest BCUT2D eigenvalue weighted by molar-refractivity contribution is 0.612. The normalized spacial score (nSPS) is 15.3. The van der Waals surface area contributed by atoms with Crippen molar-refractivity contribution in [3.63, 3.8) is 0 Å². The first-order valence-electron chi connectivity index (χ1n) is 6.36. The number of alkyl halides is 1. The van der Waals surface area contributed by atoms with E-state index in [0.717, 1.165) is 18.4 Å². The molecule has 0 aliphatic heterocycles. The summed E-state index contributed by atoms with van der Waals surface area (Å²) in [5, 5.41) is -0.167. The van der Waals surface area contributed by atoms with Gasteiger partial charge in [-0.3, -0.25) is 0 Å². The maximum absolute atomic E-state index is 13.9. The number of hydrogen-bond acceptors (Lipinski definition) is 0. The third kappa shape index (κ3) is 2.37. The minimum absolute atomic E-state index is 0.354. The Kier molecular flexibility index (Phi) is 3.51. The van der Waals surface area contributed by atoms with Crippen molar-refractivity contribution < 1.29 is 4.39 Å². The summed E-state index contributed by atoms with van der Waals surface area (Å²) in [5.74, 6) is -0.354. The molecule has 98 valence electrons. The molecule has 19 heavy (non-hydrogen) atoms. The van der Waals surface area contributed by atoms with Crippen LogP contribution in [0.5, 0.6) is 0 Å². The van der Waals surface area contributed by atoms with Gasteiger partial charge in [-0.2, -0.15) is 0 Å². The summed E-state index contributed by atoms with van der Waals surface area (Å²) in [6, 6.07) is 10.8. The molecular formula is C16H13Cl2F. The fourth-order valence-electron chi connectivity index (χ4n) is 2.67. The Hall–Kier alpha value is -1.05. The first-order chi connectivity index (χ1) is 9.16. The molecule has 2 aromatic carbocycles. The van der Waals surface area contributed by atoms with E-state index in [0.29, 0.717) is 10.6 Å². The molecular weight excluding hydrogens is 282 g/mol. The third-order valence-electron chi connectivity index (χ3n) is 3.67. The highest BCUT2D eigenvalue weighted by Gasteiger charge is 2.20. The molecule has 3 heteroatoms. The Bertz CT molecular complexity index is 602. The Labute approximate surface area is 122 Å². The molecule has 1 aliphatic carbocycles. The van der Waals surface area contributed by atoms with Gasteiger partial charge in [-0.15, -0.1) is 11.6 Å². The van der Waals surface area contributed by atoms with Crippen LogP contribution in [-0.2, 0) is 12.8 Å². The topological polar surface area (TPSA) is 0 Å². The number of aryl methyl sites for hydroxylation is 2. The Morgan fingerprint density at radius 1 is 1.05 bits per heavy atom. The van der Waals surface area contributed by atoms with Crippen LogP contribution in [0.3, 0.4) is 0 Å². The molecule has 2 aromatic rings. The van der Waals surface area contributed by atoms with E-state index in [1.54, 1.807) is 12.1 Å². The molecule has 0 N–H and O–H groups in total. The van der Waals surface area contributed by atoms with Crippen LogP contribution in [0.1, 0.15) is 34.1 Å². The van der Waals surface area contributed by atoms with Gasteiger partial charge in [0, 0.05) is 10.6 Å². The zero-order valence-electron chi connectivity index (χ0n) is 10.3. The van der Waals surface area contributed by atoms with Crippen molar-refractivity contribution in [3.8, 4) is 0 Å². The predicted molar refractivity (Wildman–Crippen MR) is 77.6 cm³/mol. The van der Waals surface area contributed by atoms with Crippen LogP contribution in [0.15, 0.2) is 36.4 Å². The summed E-state index contributed by atoms with van der Waals surface area (Å²) >= 11 is 12.5. The van der Waals surface area contributed by atoms with E-state index in [2.05, 4.69) is 12.1 Å². The first-order valence-corrected chi connectivity index (χ1v) is 7.18. The maximum Gasteiger partial charge on any atom is 0.129 e. The molecule has 0 amide bonds. The standard InChI is InChI=1S/C16H13Cl2F/c17-13-5-2-6-14(19)15(13)16(18)12-8-7-10-3-1-4-11(10)9-12/h2,5-9,16H,1,3-4H2. The molecule has 0 saturated carbocycles. The highest BCUT2D eigenvalue weighted by Crippen LogP contribution is 2.37. The van der Waals surface area contributed by atoms with Gasteiger partial charge in [0.05, 0.1) is 5.38 Å². The quantitative estimate of drug-likeness (QED) is 0.660. The highest BCUT2D eigenvalue weighted by molar-refractivity contribution is 6.33. The zero-order valence-corrected chi connectivity index (χ0v) is 11.8. The molecule has 0 spiro atoms. The van der Waals surface area contributed by atoms with E-state index in [9.17, 15) is 4.39 Å². The average Bonchev–Trinajstić information content (AvgIpc) is 2.85. The van der Waals surface area contributed by atoms with Gasteiger partial charge < -0.3 is 0 Å². The van der Waals surface area contributed by atoms with E-state index in [1.807, 2.05) is 6.07 Å². The second-order valence-electron chi connectivity index (χ2n) is 4.88. The molecule has 0 heterocycles. The lowest BCUT2D eigenvalue weighted by Crippen LogP contribution is -1.99. The van der Waals surface area contributed by atoms with Gasteiger partial charge in [0.2, 0.25) is 0 Å². The summed E-state index contributed by atoms with van der Waals surface area (Å²) < 4.78 is 13.9. The van der Waals surface area contributed by atoms with Gasteiger partial charge in [0.15, 0.2) is 0 Å². The number of hydrogen-bond donors (Lipinski definition) is 0. The van der Waals surface area contributed by atoms with E-state index >= 15 is 0 Å². The van der Waals surface area contributed by atoms with Gasteiger partial charge in [0.1, 0.15) is 5.82 Å². The van der Waals surface area contributed by atoms with Crippen molar-refractivity contribution in [1.29, 1.82) is 0 Å². The van der Waals surface area contributed by atoms with Crippen LogP contribution >= 0.6 is 23.2 Å². The average molecular weight is 295 g/mol. The third-order valence-corrected chi connectivity index (χ3v) is 4.47. The largest absolute Gasteiger partial charge is 0.207 e. The van der Waals surface area contributed by atoms with E-state index < -0.39 is 5.38 Å². The van der Waals surface area contributed by atoms with E-state index in [-0.39, 0.29) is 5.82 Å². The van der Waals surface area contributed by atoms with Crippen LogP contribution < -0.4 is 0 Å². The summed E-state index contributed by atoms with van der Waals surface area (Å²) in [5.41, 5.74) is 3.99. The first kappa shape index (κ1) is 13.0. The lowest BCUT2D eigenvalue weighted by atomic mass is 9.99. The van der Waals surface area contributed by atoms with Crippen LogP contribution in [0.2, 0.25) is 5.02 Å². The number of rotatable bonds is 2. The minimum atomic E-state index is -0.542. The Morgan fingerprint density at radius 3 is 2.63 bits per heavy atom. The monoisotopic (exact) mass is 294 g/mol. The lowest BCUT2D eigenvalue weighted by Gasteiger charge is -2.14. The molecule has 0 saturated heterocycles. The van der Waals surface area contributed by atoms with Crippen molar-refractivity contribution in [2.24, 2.45) is 0 Å². The molecule has 0 bridgehead atoms. The molecule has 0 nitrogen and oxygen atoms in total. The molecule has 1 unspecified atom stereocenters. The van der Waals surface area contributed by atoms with E-state index in [1.165, 1.54) is 23.6 Å². The van der Waals surface area contributed by atoms with Gasteiger partial charge >= 0.3 is 0 Å². The maximum atomic E-state index is 13.9. The highest BCUT2D eigenvalue weighted by atomic mass is 35.5. The molecule has 1 atom stereocenters. The van der Waals surface area contributed by atoms with Crippen molar-refractivity contribution in [3.05, 3.63) is 69.5 Å². The second kappa shape index (κ2) is 5.15. The summed E-state index contributed by atoms with van der Waals surface area (Å²) in [6.45, 7) is 0. The summed E-state index contributed by atoms with van der Waals surface area (Å²) in [6.07, 6.45) is 3.40. The van der Waals surface area contributed by atoms with Crippen molar-refractivity contribution in [2.45, 2.75) is 24.6 Å². The van der Waals surface area contributed by atoms with Crippen LogP contribution in [-0.4, -0.2) is 0 Å². The number of halogens is 3. The number of benzene rings is 2. The Balaban J connectivity index is 2.02. The predicted octanol–water partition coefficient (Wildman–Crippen LogP) is 5.30. The van der Waals surface area contributed by atoms with Gasteiger partial charge in [-0.1, -0.05) is 35.9 Å². The second-order valence-corrected chi connectivity index (χ2v) is 5.72. The smallest absolute Gasteiger partial charge is 0.129 e. The SMILES string of the molecule is Fc1cccc(Cl)c1C(Cl)c1ccc2c(c1)CCC2. The van der Waals surface area contributed by atoms with Crippen molar-refractivity contribution >= 4 is 23.2 Å². The minimum Gasteiger partial charge on any atom is -0.207 e. The van der Waals surface area contributed by atoms with Crippen LogP contribution in [0.4, 0.5) is 4.39 Å². The molecule has 0 aromatic heterocycles. The van der Waals surface area contributed by atoms with Crippen molar-refractivity contribution in [2.75, 3.05) is 0 Å². The zero-order chi connectivity index (χ0) is 13.4. The fourth-order valence-corrected chi connectivity index (χ4v) is 3.35. The van der Waals surface area contributed by atoms with Gasteiger partial charge in [-0.25, -0.2) is 4.39 Å². The van der Waals surface area contributed by atoms with Gasteiger partial charge in [0.25, 0.3) is 0 Å². The summed E-state index contributed by atoms with van der Waals surface area (Å²) in [4.78, 5) is 0. The van der Waals surface area contributed by atoms with Gasteiger partial charge in [-0.05, 0) is 48.1 Å². The number of fused-ring (bicyclic) bond motifs is 1. The Morgan fingerprint density at radius 2 is 1.84 bits per heavy atom.